The molecule has 3 aromatic rings. The van der Waals surface area contributed by atoms with Gasteiger partial charge >= 0.3 is 0 Å². The van der Waals surface area contributed by atoms with Crippen molar-refractivity contribution in [3.8, 4) is 11.1 Å². The van der Waals surface area contributed by atoms with Crippen LogP contribution in [0.15, 0.2) is 41.9 Å². The number of hydrogen-bond donors (Lipinski definition) is 2. The minimum Gasteiger partial charge on any atom is -0.387 e. The van der Waals surface area contributed by atoms with Crippen LogP contribution >= 0.6 is 11.3 Å². The van der Waals surface area contributed by atoms with E-state index in [1.165, 1.54) is 21.4 Å². The van der Waals surface area contributed by atoms with Crippen LogP contribution in [0.1, 0.15) is 45.6 Å². The Hall–Kier alpha value is -1.91. The summed E-state index contributed by atoms with van der Waals surface area (Å²) >= 11 is 1.68. The highest BCUT2D eigenvalue weighted by Crippen LogP contribution is 2.58. The highest BCUT2D eigenvalue weighted by molar-refractivity contribution is 7.16. The maximum Gasteiger partial charge on any atom is 0.0964 e. The van der Waals surface area contributed by atoms with Gasteiger partial charge in [-0.05, 0) is 62.4 Å². The Bertz CT molecular complexity index is 1020. The van der Waals surface area contributed by atoms with Gasteiger partial charge in [-0.25, -0.2) is 4.98 Å². The summed E-state index contributed by atoms with van der Waals surface area (Å²) in [6.07, 6.45) is 2.92. The number of anilines is 1. The molecule has 0 bridgehead atoms. The molecule has 2 heterocycles. The first-order chi connectivity index (χ1) is 12.4. The fraction of sp³-hybridized carbons (Fsp3) is 0.409. The van der Waals surface area contributed by atoms with Crippen LogP contribution in [-0.2, 0) is 5.41 Å². The van der Waals surface area contributed by atoms with Crippen molar-refractivity contribution in [3.63, 3.8) is 0 Å². The molecule has 5 rings (SSSR count). The summed E-state index contributed by atoms with van der Waals surface area (Å²) in [5.41, 5.74) is 6.39. The third kappa shape index (κ3) is 1.89. The van der Waals surface area contributed by atoms with Crippen molar-refractivity contribution in [2.24, 2.45) is 0 Å². The molecule has 0 saturated heterocycles. The van der Waals surface area contributed by atoms with Gasteiger partial charge in [-0.15, -0.1) is 11.3 Å². The Morgan fingerprint density at radius 2 is 1.96 bits per heavy atom. The second-order valence-corrected chi connectivity index (χ2v) is 9.45. The van der Waals surface area contributed by atoms with Crippen LogP contribution in [-0.4, -0.2) is 21.2 Å². The van der Waals surface area contributed by atoms with Gasteiger partial charge in [-0.2, -0.15) is 0 Å². The third-order valence-corrected chi connectivity index (χ3v) is 7.69. The SMILES string of the molecule is CC1(C)Nc2ccc(-c3cccc4scnc34)cc2C2(C)CCCC12O. The van der Waals surface area contributed by atoms with E-state index in [0.29, 0.717) is 0 Å². The lowest BCUT2D eigenvalue weighted by molar-refractivity contribution is -0.0628. The average Bonchev–Trinajstić information content (AvgIpc) is 3.20. The van der Waals surface area contributed by atoms with E-state index in [-0.39, 0.29) is 11.0 Å². The van der Waals surface area contributed by atoms with Gasteiger partial charge < -0.3 is 10.4 Å². The first-order valence-corrected chi connectivity index (χ1v) is 10.2. The van der Waals surface area contributed by atoms with Crippen LogP contribution in [0.4, 0.5) is 5.69 Å². The number of para-hydroxylation sites is 1. The topological polar surface area (TPSA) is 45.2 Å². The molecular formula is C22H24N2OS. The van der Waals surface area contributed by atoms with Crippen molar-refractivity contribution in [2.75, 3.05) is 5.32 Å². The van der Waals surface area contributed by atoms with E-state index in [0.717, 1.165) is 30.5 Å². The summed E-state index contributed by atoms with van der Waals surface area (Å²) in [7, 11) is 0. The molecule has 0 spiro atoms. The molecule has 0 radical (unpaired) electrons. The molecule has 2 N–H and O–H groups in total. The van der Waals surface area contributed by atoms with Gasteiger partial charge in [-0.1, -0.05) is 25.1 Å². The summed E-state index contributed by atoms with van der Waals surface area (Å²) in [5, 5.41) is 15.3. The van der Waals surface area contributed by atoms with Crippen molar-refractivity contribution in [1.82, 2.24) is 4.98 Å². The second kappa shape index (κ2) is 5.08. The maximum atomic E-state index is 11.7. The molecule has 2 aromatic carbocycles. The number of fused-ring (bicyclic) bond motifs is 4. The molecule has 1 aliphatic heterocycles. The molecule has 3 nitrogen and oxygen atoms in total. The summed E-state index contributed by atoms with van der Waals surface area (Å²) in [4.78, 5) is 4.58. The summed E-state index contributed by atoms with van der Waals surface area (Å²) < 4.78 is 1.21. The molecule has 2 atom stereocenters. The number of aliphatic hydroxyl groups is 1. The van der Waals surface area contributed by atoms with Gasteiger partial charge in [0.05, 0.1) is 26.9 Å². The van der Waals surface area contributed by atoms with Gasteiger partial charge in [0.15, 0.2) is 0 Å². The molecule has 2 unspecified atom stereocenters. The van der Waals surface area contributed by atoms with Gasteiger partial charge in [0.2, 0.25) is 0 Å². The average molecular weight is 365 g/mol. The molecule has 26 heavy (non-hydrogen) atoms. The zero-order chi connectivity index (χ0) is 18.2. The van der Waals surface area contributed by atoms with Gasteiger partial charge in [0.1, 0.15) is 0 Å². The van der Waals surface area contributed by atoms with Gasteiger partial charge in [0.25, 0.3) is 0 Å². The lowest BCUT2D eigenvalue weighted by Crippen LogP contribution is -2.65. The Balaban J connectivity index is 1.74. The Morgan fingerprint density at radius 3 is 2.81 bits per heavy atom. The van der Waals surface area contributed by atoms with Crippen molar-refractivity contribution < 1.29 is 5.11 Å². The van der Waals surface area contributed by atoms with Crippen molar-refractivity contribution >= 4 is 27.2 Å². The fourth-order valence-electron chi connectivity index (χ4n) is 5.38. The quantitative estimate of drug-likeness (QED) is 0.612. The Labute approximate surface area is 158 Å². The highest BCUT2D eigenvalue weighted by Gasteiger charge is 2.62. The van der Waals surface area contributed by atoms with E-state index in [2.05, 4.69) is 67.5 Å². The van der Waals surface area contributed by atoms with Crippen LogP contribution in [0.25, 0.3) is 21.3 Å². The Kier molecular flexibility index (Phi) is 3.18. The standard InChI is InChI=1S/C22H24N2OS/c1-20(2)22(25)11-5-10-21(22,3)16-12-14(8-9-17(16)24-20)15-6-4-7-18-19(15)23-13-26-18/h4,6-9,12-13,24-25H,5,10-11H2,1-3H3. The number of nitrogens with zero attached hydrogens (tertiary/aromatic N) is 1. The molecule has 1 aromatic heterocycles. The molecule has 4 heteroatoms. The first-order valence-electron chi connectivity index (χ1n) is 9.33. The van der Waals surface area contributed by atoms with Gasteiger partial charge in [0, 0.05) is 16.7 Å². The lowest BCUT2D eigenvalue weighted by Gasteiger charge is -2.55. The lowest BCUT2D eigenvalue weighted by atomic mass is 9.60. The second-order valence-electron chi connectivity index (χ2n) is 8.56. The van der Waals surface area contributed by atoms with Crippen molar-refractivity contribution in [1.29, 1.82) is 0 Å². The number of nitrogens with one attached hydrogen (secondary N) is 1. The molecule has 1 fully saturated rings. The van der Waals surface area contributed by atoms with Crippen molar-refractivity contribution in [2.45, 2.75) is 56.6 Å². The number of rotatable bonds is 1. The number of benzene rings is 2. The minimum absolute atomic E-state index is 0.233. The van der Waals surface area contributed by atoms with E-state index in [1.807, 2.05) is 5.51 Å². The largest absolute Gasteiger partial charge is 0.387 e. The van der Waals surface area contributed by atoms with E-state index < -0.39 is 5.60 Å². The van der Waals surface area contributed by atoms with Crippen LogP contribution in [0, 0.1) is 0 Å². The predicted octanol–water partition coefficient (Wildman–Crippen LogP) is 5.34. The monoisotopic (exact) mass is 364 g/mol. The summed E-state index contributed by atoms with van der Waals surface area (Å²) in [6.45, 7) is 6.50. The predicted molar refractivity (Wildman–Crippen MR) is 109 cm³/mol. The van der Waals surface area contributed by atoms with Crippen molar-refractivity contribution in [3.05, 3.63) is 47.5 Å². The molecule has 1 aliphatic carbocycles. The third-order valence-electron chi connectivity index (χ3n) is 6.89. The van der Waals surface area contributed by atoms with Gasteiger partial charge in [-0.3, -0.25) is 0 Å². The molecule has 0 amide bonds. The van der Waals surface area contributed by atoms with Crippen LogP contribution in [0.5, 0.6) is 0 Å². The van der Waals surface area contributed by atoms with E-state index in [4.69, 9.17) is 0 Å². The van der Waals surface area contributed by atoms with E-state index in [1.54, 1.807) is 11.3 Å². The minimum atomic E-state index is -0.738. The summed E-state index contributed by atoms with van der Waals surface area (Å²) in [6, 6.07) is 13.0. The molecule has 1 saturated carbocycles. The van der Waals surface area contributed by atoms with Crippen LogP contribution in [0.2, 0.25) is 0 Å². The smallest absolute Gasteiger partial charge is 0.0964 e. The van der Waals surface area contributed by atoms with Crippen LogP contribution < -0.4 is 5.32 Å². The number of aromatic nitrogens is 1. The van der Waals surface area contributed by atoms with Crippen LogP contribution in [0.3, 0.4) is 0 Å². The first kappa shape index (κ1) is 16.3. The number of thiazole rings is 1. The van der Waals surface area contributed by atoms with E-state index in [9.17, 15) is 5.11 Å². The number of hydrogen-bond acceptors (Lipinski definition) is 4. The zero-order valence-corrected chi connectivity index (χ0v) is 16.3. The normalized spacial score (nSPS) is 29.2. The van der Waals surface area contributed by atoms with E-state index >= 15 is 0 Å². The fourth-order valence-corrected chi connectivity index (χ4v) is 6.08. The molecule has 134 valence electrons. The molecular weight excluding hydrogens is 340 g/mol. The highest BCUT2D eigenvalue weighted by atomic mass is 32.1. The Morgan fingerprint density at radius 1 is 1.12 bits per heavy atom. The summed E-state index contributed by atoms with van der Waals surface area (Å²) in [5.74, 6) is 0. The molecule has 2 aliphatic rings. The maximum absolute atomic E-state index is 11.7. The zero-order valence-electron chi connectivity index (χ0n) is 15.5.